The number of rotatable bonds is 13. The fourth-order valence-electron chi connectivity index (χ4n) is 9.36. The maximum absolute atomic E-state index is 12.5. The fraction of sp³-hybridized carbons (Fsp3) is 0.415. The summed E-state index contributed by atoms with van der Waals surface area (Å²) >= 11 is 0. The molecule has 6 unspecified atom stereocenters. The van der Waals surface area contributed by atoms with Crippen LogP contribution in [0.4, 0.5) is 5.69 Å². The van der Waals surface area contributed by atoms with E-state index < -0.39 is 12.2 Å². The number of benzene rings is 3. The molecule has 3 aromatic rings. The summed E-state index contributed by atoms with van der Waals surface area (Å²) in [5.74, 6) is 0.732. The number of phenols is 1. The Morgan fingerprint density at radius 2 is 1.96 bits per heavy atom. The summed E-state index contributed by atoms with van der Waals surface area (Å²) in [7, 11) is 0. The van der Waals surface area contributed by atoms with Crippen molar-refractivity contribution in [1.29, 1.82) is 0 Å². The van der Waals surface area contributed by atoms with Crippen LogP contribution in [0.15, 0.2) is 83.1 Å². The van der Waals surface area contributed by atoms with Gasteiger partial charge in [0, 0.05) is 35.7 Å². The molecule has 7 N–H and O–H groups in total. The molecule has 9 nitrogen and oxygen atoms in total. The third-order valence-electron chi connectivity index (χ3n) is 11.5. The second-order valence-corrected chi connectivity index (χ2v) is 14.8. The van der Waals surface area contributed by atoms with Gasteiger partial charge in [-0.2, -0.15) is 0 Å². The van der Waals surface area contributed by atoms with Crippen molar-refractivity contribution in [2.24, 2.45) is 10.7 Å². The van der Waals surface area contributed by atoms with Gasteiger partial charge in [-0.3, -0.25) is 14.7 Å². The number of aromatic hydroxyl groups is 1. The first kappa shape index (κ1) is 32.9. The summed E-state index contributed by atoms with van der Waals surface area (Å²) in [5.41, 5.74) is 18.6. The van der Waals surface area contributed by atoms with Gasteiger partial charge in [0.05, 0.1) is 17.8 Å². The highest BCUT2D eigenvalue weighted by atomic mass is 16.5. The van der Waals surface area contributed by atoms with Crippen molar-refractivity contribution in [3.63, 3.8) is 0 Å². The molecule has 0 spiro atoms. The van der Waals surface area contributed by atoms with E-state index in [9.17, 15) is 20.1 Å². The SMILES string of the molecule is CCCC(O)CC(O)CC(=O)CCc1ccc(O)c(OC[NH+]2C=C3C(C45CCCC4c4cccc6c4-c4c(cccc45)C(N)N6)=CN=C3C2)c1. The van der Waals surface area contributed by atoms with Gasteiger partial charge in [0.25, 0.3) is 0 Å². The molecule has 0 radical (unpaired) electrons. The maximum atomic E-state index is 12.5. The smallest absolute Gasteiger partial charge is 0.227 e. The highest BCUT2D eigenvalue weighted by Crippen LogP contribution is 2.65. The molecule has 8 rings (SSSR count). The molecule has 0 aromatic heterocycles. The van der Waals surface area contributed by atoms with E-state index in [1.54, 1.807) is 18.2 Å². The summed E-state index contributed by atoms with van der Waals surface area (Å²) in [6.45, 7) is 3.00. The number of aliphatic hydroxyl groups is 2. The van der Waals surface area contributed by atoms with Crippen molar-refractivity contribution in [1.82, 2.24) is 0 Å². The van der Waals surface area contributed by atoms with E-state index in [-0.39, 0.29) is 42.4 Å². The Labute approximate surface area is 293 Å². The van der Waals surface area contributed by atoms with Gasteiger partial charge in [-0.15, -0.1) is 0 Å². The topological polar surface area (TPSA) is 142 Å². The zero-order valence-electron chi connectivity index (χ0n) is 28.6. The number of anilines is 1. The quantitative estimate of drug-likeness (QED) is 0.151. The molecule has 3 aliphatic heterocycles. The predicted molar refractivity (Wildman–Crippen MR) is 193 cm³/mol. The van der Waals surface area contributed by atoms with E-state index in [1.807, 2.05) is 6.92 Å². The van der Waals surface area contributed by atoms with Gasteiger partial charge in [-0.1, -0.05) is 56.2 Å². The number of fused-ring (bicyclic) bond motifs is 4. The lowest BCUT2D eigenvalue weighted by Crippen LogP contribution is -3.07. The third-order valence-corrected chi connectivity index (χ3v) is 11.5. The monoisotopic (exact) mass is 675 g/mol. The Morgan fingerprint density at radius 3 is 2.82 bits per heavy atom. The van der Waals surface area contributed by atoms with Crippen LogP contribution in [0.25, 0.3) is 11.1 Å². The van der Waals surface area contributed by atoms with Crippen LogP contribution in [0.3, 0.4) is 0 Å². The Bertz CT molecular complexity index is 1930. The first-order valence-electron chi connectivity index (χ1n) is 18.2. The molecule has 0 amide bonds. The minimum atomic E-state index is -0.839. The van der Waals surface area contributed by atoms with Crippen LogP contribution in [0, 0.1) is 0 Å². The van der Waals surface area contributed by atoms with Crippen molar-refractivity contribution in [3.8, 4) is 22.6 Å². The number of carbonyl (C=O) groups is 1. The van der Waals surface area contributed by atoms with Gasteiger partial charge < -0.3 is 31.1 Å². The Hall–Kier alpha value is -4.28. The standard InChI is InChI=1S/C41H46N4O5/c1-2-6-25(46)18-27(48)19-26(47)14-12-24-13-15-36(49)37(17-24)50-23-45-21-30-33(20-43-35(30)22-45)41-16-5-10-31(41)28-7-4-11-34-39(28)38-29(40(42)44-34)8-3-9-32(38)41/h3-4,7-9,11,13,15,17,20-21,25,27,31,40,44,46,48-49H,2,5-6,10,12,14,16,18-19,22-23,42H2,1H3/p+1. The van der Waals surface area contributed by atoms with Gasteiger partial charge in [-0.25, -0.2) is 0 Å². The first-order valence-corrected chi connectivity index (χ1v) is 18.2. The molecule has 3 heterocycles. The zero-order valence-corrected chi connectivity index (χ0v) is 28.6. The second kappa shape index (κ2) is 13.1. The summed E-state index contributed by atoms with van der Waals surface area (Å²) in [5, 5.41) is 34.3. The van der Waals surface area contributed by atoms with Gasteiger partial charge in [0.1, 0.15) is 30.4 Å². The van der Waals surface area contributed by atoms with E-state index >= 15 is 0 Å². The van der Waals surface area contributed by atoms with Gasteiger partial charge in [0.2, 0.25) is 6.73 Å². The Morgan fingerprint density at radius 1 is 1.12 bits per heavy atom. The van der Waals surface area contributed by atoms with Crippen molar-refractivity contribution < 1.29 is 29.8 Å². The maximum Gasteiger partial charge on any atom is 0.227 e. The number of ketones is 1. The van der Waals surface area contributed by atoms with E-state index in [0.29, 0.717) is 37.8 Å². The molecule has 5 aliphatic rings. The molecule has 0 bridgehead atoms. The molecule has 50 heavy (non-hydrogen) atoms. The van der Waals surface area contributed by atoms with Crippen LogP contribution in [-0.4, -0.2) is 52.3 Å². The normalized spacial score (nSPS) is 25.0. The van der Waals surface area contributed by atoms with Crippen LogP contribution in [-0.2, 0) is 16.6 Å². The molecule has 3 aromatic carbocycles. The molecule has 1 saturated carbocycles. The second-order valence-electron chi connectivity index (χ2n) is 14.8. The number of hydrogen-bond donors (Lipinski definition) is 6. The largest absolute Gasteiger partial charge is 0.504 e. The lowest BCUT2D eigenvalue weighted by Gasteiger charge is -2.46. The number of nitrogens with one attached hydrogen (secondary N) is 2. The summed E-state index contributed by atoms with van der Waals surface area (Å²) in [6, 6.07) is 18.5. The highest BCUT2D eigenvalue weighted by Gasteiger charge is 2.56. The molecular weight excluding hydrogens is 628 g/mol. The molecule has 0 saturated heterocycles. The fourth-order valence-corrected chi connectivity index (χ4v) is 9.36. The Kier molecular flexibility index (Phi) is 8.63. The van der Waals surface area contributed by atoms with Crippen LogP contribution >= 0.6 is 0 Å². The number of aryl methyl sites for hydroxylation is 1. The molecule has 260 valence electrons. The van der Waals surface area contributed by atoms with Crippen molar-refractivity contribution in [2.75, 3.05) is 18.6 Å². The van der Waals surface area contributed by atoms with Gasteiger partial charge in [-0.05, 0) is 89.6 Å². The molecule has 1 fully saturated rings. The van der Waals surface area contributed by atoms with Crippen molar-refractivity contribution >= 4 is 17.2 Å². The van der Waals surface area contributed by atoms with Crippen LogP contribution in [0.2, 0.25) is 0 Å². The number of aliphatic hydroxyl groups excluding tert-OH is 2. The summed E-state index contributed by atoms with van der Waals surface area (Å²) in [4.78, 5) is 18.6. The lowest BCUT2D eigenvalue weighted by atomic mass is 9.57. The minimum absolute atomic E-state index is 0.0304. The van der Waals surface area contributed by atoms with E-state index in [1.165, 1.54) is 33.4 Å². The Balaban J connectivity index is 0.977. The number of quaternary nitrogens is 1. The van der Waals surface area contributed by atoms with Crippen LogP contribution < -0.4 is 20.7 Å². The zero-order chi connectivity index (χ0) is 34.6. The summed E-state index contributed by atoms with van der Waals surface area (Å²) < 4.78 is 6.20. The number of phenolic OH excluding ortho intramolecular Hbond substituents is 1. The first-order chi connectivity index (χ1) is 24.3. The molecule has 9 heteroatoms. The third kappa shape index (κ3) is 5.57. The molecular formula is C41H47N4O5+. The number of nitrogens with zero attached hydrogens (tertiary/aromatic N) is 1. The van der Waals surface area contributed by atoms with Gasteiger partial charge in [0.15, 0.2) is 11.5 Å². The average molecular weight is 676 g/mol. The number of nitrogens with two attached hydrogens (primary N) is 1. The number of allylic oxidation sites excluding steroid dienone is 1. The van der Waals surface area contributed by atoms with E-state index in [0.717, 1.165) is 53.1 Å². The summed E-state index contributed by atoms with van der Waals surface area (Å²) in [6.07, 6.45) is 8.44. The minimum Gasteiger partial charge on any atom is -0.504 e. The van der Waals surface area contributed by atoms with Crippen LogP contribution in [0.5, 0.6) is 11.5 Å². The van der Waals surface area contributed by atoms with E-state index in [2.05, 4.69) is 54.1 Å². The number of Topliss-reactive ketones (excluding diaryl/α,β-unsaturated/α-hetero) is 1. The van der Waals surface area contributed by atoms with Crippen molar-refractivity contribution in [2.45, 2.75) is 94.4 Å². The molecule has 6 atom stereocenters. The van der Waals surface area contributed by atoms with Gasteiger partial charge >= 0.3 is 0 Å². The number of hydrogen-bond acceptors (Lipinski definition) is 8. The number of aliphatic imine (C=N–C) groups is 1. The number of ether oxygens (including phenoxy) is 1. The lowest BCUT2D eigenvalue weighted by molar-refractivity contribution is -0.851. The number of carbonyl (C=O) groups excluding carboxylic acids is 1. The van der Waals surface area contributed by atoms with Crippen LogP contribution in [0.1, 0.15) is 92.6 Å². The average Bonchev–Trinajstić information content (AvgIpc) is 3.82. The van der Waals surface area contributed by atoms with E-state index in [4.69, 9.17) is 15.5 Å². The predicted octanol–water partition coefficient (Wildman–Crippen LogP) is 4.92. The van der Waals surface area contributed by atoms with Crippen molar-refractivity contribution in [3.05, 3.63) is 100 Å². The molecule has 2 aliphatic carbocycles. The highest BCUT2D eigenvalue weighted by molar-refractivity contribution is 6.09.